The molecule has 0 aromatic heterocycles. The molecule has 0 fully saturated rings. The Bertz CT molecular complexity index is 4390. The van der Waals surface area contributed by atoms with Crippen molar-refractivity contribution < 1.29 is 0 Å². The molecular formula is C82H60N2. The number of hydrogen-bond donors (Lipinski definition) is 0. The van der Waals surface area contributed by atoms with Gasteiger partial charge in [-0.2, -0.15) is 0 Å². The van der Waals surface area contributed by atoms with Crippen LogP contribution in [-0.4, -0.2) is 0 Å². The summed E-state index contributed by atoms with van der Waals surface area (Å²) in [5.74, 6) is 0. The number of nitrogens with zero attached hydrogens (tertiary/aromatic N) is 2. The van der Waals surface area contributed by atoms with Crippen molar-refractivity contribution in [2.75, 3.05) is 9.80 Å². The van der Waals surface area contributed by atoms with E-state index in [1.165, 1.54) is 94.6 Å². The van der Waals surface area contributed by atoms with E-state index in [-0.39, 0.29) is 5.41 Å². The van der Waals surface area contributed by atoms with Crippen molar-refractivity contribution in [3.8, 4) is 66.8 Å². The second-order valence-electron chi connectivity index (χ2n) is 22.7. The average Bonchev–Trinajstić information content (AvgIpc) is 1.66. The summed E-state index contributed by atoms with van der Waals surface area (Å²) in [5, 5.41) is 0. The third-order valence-corrected chi connectivity index (χ3v) is 17.8. The minimum absolute atomic E-state index is 0.166. The Morgan fingerprint density at radius 3 is 1.15 bits per heavy atom. The summed E-state index contributed by atoms with van der Waals surface area (Å²) in [6, 6.07) is 121. The minimum Gasteiger partial charge on any atom is -0.310 e. The fourth-order valence-corrected chi connectivity index (χ4v) is 13.9. The van der Waals surface area contributed by atoms with Crippen LogP contribution in [0.4, 0.5) is 34.1 Å². The summed E-state index contributed by atoms with van der Waals surface area (Å²) in [6.07, 6.45) is 0. The van der Waals surface area contributed by atoms with Gasteiger partial charge in [-0.25, -0.2) is 0 Å². The predicted molar refractivity (Wildman–Crippen MR) is 352 cm³/mol. The van der Waals surface area contributed by atoms with Crippen molar-refractivity contribution in [3.63, 3.8) is 0 Å². The Morgan fingerprint density at radius 1 is 0.238 bits per heavy atom. The fourth-order valence-electron chi connectivity index (χ4n) is 13.9. The Labute approximate surface area is 493 Å². The zero-order valence-corrected chi connectivity index (χ0v) is 47.1. The lowest BCUT2D eigenvalue weighted by atomic mass is 9.67. The third kappa shape index (κ3) is 8.32. The number of benzene rings is 13. The first kappa shape index (κ1) is 50.4. The van der Waals surface area contributed by atoms with Gasteiger partial charge in [0.2, 0.25) is 0 Å². The molecule has 0 saturated heterocycles. The van der Waals surface area contributed by atoms with E-state index in [9.17, 15) is 0 Å². The van der Waals surface area contributed by atoms with Crippen LogP contribution in [0, 0.1) is 0 Å². The first-order valence-corrected chi connectivity index (χ1v) is 29.2. The molecule has 398 valence electrons. The molecule has 0 aliphatic heterocycles. The molecule has 0 unspecified atom stereocenters. The number of hydrogen-bond acceptors (Lipinski definition) is 2. The smallest absolute Gasteiger partial charge is 0.0734 e. The van der Waals surface area contributed by atoms with Gasteiger partial charge in [-0.3, -0.25) is 0 Å². The van der Waals surface area contributed by atoms with Gasteiger partial charge in [0.1, 0.15) is 0 Å². The highest BCUT2D eigenvalue weighted by atomic mass is 15.2. The van der Waals surface area contributed by atoms with Gasteiger partial charge in [-0.05, 0) is 150 Å². The maximum atomic E-state index is 2.50. The molecule has 0 radical (unpaired) electrons. The van der Waals surface area contributed by atoms with Crippen molar-refractivity contribution in [3.05, 3.63) is 361 Å². The monoisotopic (exact) mass is 1070 g/mol. The van der Waals surface area contributed by atoms with E-state index in [1.54, 1.807) is 0 Å². The van der Waals surface area contributed by atoms with Crippen molar-refractivity contribution in [1.82, 2.24) is 0 Å². The molecule has 0 amide bonds. The van der Waals surface area contributed by atoms with Gasteiger partial charge < -0.3 is 9.80 Å². The molecule has 84 heavy (non-hydrogen) atoms. The maximum Gasteiger partial charge on any atom is 0.0734 e. The SMILES string of the molecule is CC1(C)c2ccccc2-c2ccc(N(c3ccc(-c4ccc(N(c5ccc(-c6ccccc6)cc5)c5ccc(-c6ccccc6)cc5)c5c4-c4ccccc4C5(c4ccccc4)c4ccccc4)cc3)c3ccccc3-c3ccccc3)cc21. The lowest BCUT2D eigenvalue weighted by Crippen LogP contribution is -2.30. The summed E-state index contributed by atoms with van der Waals surface area (Å²) in [6.45, 7) is 4.74. The van der Waals surface area contributed by atoms with Crippen LogP contribution in [0.5, 0.6) is 0 Å². The fraction of sp³-hybridized carbons (Fsp3) is 0.0488. The van der Waals surface area contributed by atoms with Crippen LogP contribution < -0.4 is 9.80 Å². The molecule has 0 bridgehead atoms. The van der Waals surface area contributed by atoms with Crippen LogP contribution in [0.15, 0.2) is 328 Å². The van der Waals surface area contributed by atoms with Crippen molar-refractivity contribution in [2.24, 2.45) is 0 Å². The number of anilines is 6. The van der Waals surface area contributed by atoms with Crippen LogP contribution >= 0.6 is 0 Å². The van der Waals surface area contributed by atoms with Crippen LogP contribution in [0.3, 0.4) is 0 Å². The van der Waals surface area contributed by atoms with E-state index in [0.717, 1.165) is 39.7 Å². The number of para-hydroxylation sites is 1. The molecule has 0 saturated carbocycles. The van der Waals surface area contributed by atoms with Crippen LogP contribution in [0.1, 0.15) is 47.2 Å². The van der Waals surface area contributed by atoms with E-state index in [1.807, 2.05) is 0 Å². The quantitative estimate of drug-likeness (QED) is 0.120. The number of rotatable bonds is 12. The Balaban J connectivity index is 0.960. The number of fused-ring (bicyclic) bond motifs is 6. The summed E-state index contributed by atoms with van der Waals surface area (Å²) in [7, 11) is 0. The van der Waals surface area contributed by atoms with Crippen molar-refractivity contribution in [1.29, 1.82) is 0 Å². The van der Waals surface area contributed by atoms with Gasteiger partial charge in [-0.15, -0.1) is 0 Å². The lowest BCUT2D eigenvalue weighted by molar-refractivity contribution is 0.660. The summed E-state index contributed by atoms with van der Waals surface area (Å²) in [4.78, 5) is 4.97. The highest BCUT2D eigenvalue weighted by Gasteiger charge is 2.49. The lowest BCUT2D eigenvalue weighted by Gasteiger charge is -2.38. The normalized spacial score (nSPS) is 13.1. The Hall–Kier alpha value is -10.5. The highest BCUT2D eigenvalue weighted by molar-refractivity contribution is 6.02. The van der Waals surface area contributed by atoms with Crippen LogP contribution in [0.2, 0.25) is 0 Å². The first-order chi connectivity index (χ1) is 41.4. The molecule has 2 aliphatic rings. The van der Waals surface area contributed by atoms with E-state index in [4.69, 9.17) is 0 Å². The molecule has 2 nitrogen and oxygen atoms in total. The third-order valence-electron chi connectivity index (χ3n) is 17.8. The molecule has 0 spiro atoms. The van der Waals surface area contributed by atoms with E-state index < -0.39 is 5.41 Å². The van der Waals surface area contributed by atoms with Gasteiger partial charge in [0.05, 0.1) is 16.8 Å². The molecule has 0 N–H and O–H groups in total. The van der Waals surface area contributed by atoms with E-state index >= 15 is 0 Å². The molecule has 13 aromatic rings. The summed E-state index contributed by atoms with van der Waals surface area (Å²) in [5.41, 5.74) is 27.8. The van der Waals surface area contributed by atoms with Crippen LogP contribution in [0.25, 0.3) is 66.8 Å². The Morgan fingerprint density at radius 2 is 0.607 bits per heavy atom. The van der Waals surface area contributed by atoms with Crippen molar-refractivity contribution >= 4 is 34.1 Å². The summed E-state index contributed by atoms with van der Waals surface area (Å²) < 4.78 is 0. The maximum absolute atomic E-state index is 2.50. The zero-order valence-electron chi connectivity index (χ0n) is 47.1. The van der Waals surface area contributed by atoms with Gasteiger partial charge in [0, 0.05) is 39.3 Å². The molecular weight excluding hydrogens is 1010 g/mol. The van der Waals surface area contributed by atoms with E-state index in [0.29, 0.717) is 0 Å². The first-order valence-electron chi connectivity index (χ1n) is 29.2. The largest absolute Gasteiger partial charge is 0.310 e. The standard InChI is InChI=1S/C82H60N2/c1-81(2)74-37-21-18-35-71(74)72-53-52-68(56-76(72)81)84(77-39-23-20-34-69(77)61-28-12-5-13-29-61)67-50-44-62(45-51-67)70-54-55-78(80-79(70)73-36-19-22-38-75(73)82(80,63-30-14-6-15-31-63)64-32-16-7-17-33-64)83(65-46-40-59(41-47-65)57-24-8-3-9-25-57)66-48-42-60(43-49-66)58-26-10-4-11-27-58/h3-56H,1-2H3. The molecule has 2 heteroatoms. The average molecular weight is 1070 g/mol. The van der Waals surface area contributed by atoms with Crippen LogP contribution in [-0.2, 0) is 10.8 Å². The minimum atomic E-state index is -0.717. The topological polar surface area (TPSA) is 6.48 Å². The molecule has 13 aromatic carbocycles. The second kappa shape index (κ2) is 20.8. The Kier molecular flexibility index (Phi) is 12.5. The van der Waals surface area contributed by atoms with Crippen molar-refractivity contribution in [2.45, 2.75) is 24.7 Å². The zero-order chi connectivity index (χ0) is 56.2. The highest BCUT2D eigenvalue weighted by Crippen LogP contribution is 2.62. The van der Waals surface area contributed by atoms with E-state index in [2.05, 4.69) is 351 Å². The van der Waals surface area contributed by atoms with Gasteiger partial charge >= 0.3 is 0 Å². The summed E-state index contributed by atoms with van der Waals surface area (Å²) >= 11 is 0. The molecule has 0 heterocycles. The van der Waals surface area contributed by atoms with Gasteiger partial charge in [0.15, 0.2) is 0 Å². The second-order valence-corrected chi connectivity index (χ2v) is 22.7. The molecule has 15 rings (SSSR count). The predicted octanol–water partition coefficient (Wildman–Crippen LogP) is 22.0. The van der Waals surface area contributed by atoms with Gasteiger partial charge in [0.25, 0.3) is 0 Å². The molecule has 2 aliphatic carbocycles. The van der Waals surface area contributed by atoms with Gasteiger partial charge in [-0.1, -0.05) is 281 Å². The molecule has 0 atom stereocenters.